The van der Waals surface area contributed by atoms with Gasteiger partial charge in [-0.1, -0.05) is 37.5 Å². The molecular weight excluding hydrogens is 448 g/mol. The summed E-state index contributed by atoms with van der Waals surface area (Å²) in [6.45, 7) is 8.37. The summed E-state index contributed by atoms with van der Waals surface area (Å²) >= 11 is 1.26. The highest BCUT2D eigenvalue weighted by Gasteiger charge is 2.51. The largest absolute Gasteiger partial charge is 0.465 e. The maximum absolute atomic E-state index is 13.6. The van der Waals surface area contributed by atoms with Crippen molar-refractivity contribution in [1.82, 2.24) is 4.90 Å². The van der Waals surface area contributed by atoms with Crippen molar-refractivity contribution in [2.75, 3.05) is 25.6 Å². The Hall–Kier alpha value is -2.33. The summed E-state index contributed by atoms with van der Waals surface area (Å²) in [6, 6.07) is 1.85. The first-order chi connectivity index (χ1) is 16.0. The maximum atomic E-state index is 13.6. The molecule has 0 radical (unpaired) electrons. The first-order valence-electron chi connectivity index (χ1n) is 12.3. The molecule has 1 atom stereocenters. The topological polar surface area (TPSA) is 66.9 Å². The molecule has 1 aromatic rings. The van der Waals surface area contributed by atoms with Crippen molar-refractivity contribution in [3.8, 4) is 11.8 Å². The van der Waals surface area contributed by atoms with Gasteiger partial charge in [0.2, 0.25) is 11.8 Å². The second kappa shape index (κ2) is 10.5. The van der Waals surface area contributed by atoms with Crippen LogP contribution in [0.15, 0.2) is 6.07 Å². The number of esters is 1. The summed E-state index contributed by atoms with van der Waals surface area (Å²) in [5.74, 6) is 5.59. The van der Waals surface area contributed by atoms with Crippen LogP contribution in [0.1, 0.15) is 93.6 Å². The number of nitrogens with zero attached hydrogens (tertiary/aromatic N) is 2. The van der Waals surface area contributed by atoms with Crippen LogP contribution in [0.25, 0.3) is 0 Å². The van der Waals surface area contributed by atoms with E-state index in [2.05, 4.69) is 11.8 Å². The molecule has 2 aliphatic rings. The number of ether oxygens (including phenoxy) is 1. The van der Waals surface area contributed by atoms with Gasteiger partial charge in [-0.05, 0) is 52.5 Å². The molecule has 0 bridgehead atoms. The molecule has 0 aromatic carbocycles. The highest BCUT2D eigenvalue weighted by molar-refractivity contribution is 7.15. The molecule has 1 aliphatic carbocycles. The molecule has 1 saturated heterocycles. The molecule has 1 saturated carbocycles. The Labute approximate surface area is 208 Å². The molecule has 3 rings (SSSR count). The van der Waals surface area contributed by atoms with E-state index < -0.39 is 11.5 Å². The van der Waals surface area contributed by atoms with E-state index in [0.29, 0.717) is 15.4 Å². The second-order valence-electron chi connectivity index (χ2n) is 10.6. The van der Waals surface area contributed by atoms with E-state index in [0.717, 1.165) is 57.9 Å². The van der Waals surface area contributed by atoms with E-state index in [9.17, 15) is 14.4 Å². The molecular formula is C27H38N2O4S. The van der Waals surface area contributed by atoms with Crippen molar-refractivity contribution in [1.29, 1.82) is 0 Å². The van der Waals surface area contributed by atoms with Gasteiger partial charge in [0.05, 0.1) is 29.1 Å². The van der Waals surface area contributed by atoms with Gasteiger partial charge in [0.15, 0.2) is 0 Å². The van der Waals surface area contributed by atoms with Gasteiger partial charge < -0.3 is 14.5 Å². The monoisotopic (exact) mass is 486 g/mol. The van der Waals surface area contributed by atoms with Crippen molar-refractivity contribution in [2.45, 2.75) is 84.6 Å². The fraction of sp³-hybridized carbons (Fsp3) is 0.667. The highest BCUT2D eigenvalue weighted by Crippen LogP contribution is 2.47. The fourth-order valence-corrected chi connectivity index (χ4v) is 6.32. The zero-order chi connectivity index (χ0) is 25.1. The van der Waals surface area contributed by atoms with Crippen LogP contribution in [-0.2, 0) is 14.3 Å². The Kier molecular flexibility index (Phi) is 8.13. The molecule has 34 heavy (non-hydrogen) atoms. The van der Waals surface area contributed by atoms with Crippen LogP contribution >= 0.6 is 11.3 Å². The van der Waals surface area contributed by atoms with Crippen molar-refractivity contribution >= 4 is 34.8 Å². The van der Waals surface area contributed by atoms with Gasteiger partial charge in [-0.3, -0.25) is 9.59 Å². The lowest BCUT2D eigenvalue weighted by Gasteiger charge is -2.50. The van der Waals surface area contributed by atoms with Crippen molar-refractivity contribution < 1.29 is 19.1 Å². The lowest BCUT2D eigenvalue weighted by molar-refractivity contribution is -0.137. The first-order valence-corrected chi connectivity index (χ1v) is 13.1. The number of thiophene rings is 1. The number of hydrogen-bond donors (Lipinski definition) is 0. The Balaban J connectivity index is 2.20. The van der Waals surface area contributed by atoms with Gasteiger partial charge in [-0.2, -0.15) is 0 Å². The van der Waals surface area contributed by atoms with Gasteiger partial charge in [0, 0.05) is 25.9 Å². The summed E-state index contributed by atoms with van der Waals surface area (Å²) in [5, 5.41) is 0. The molecule has 1 aliphatic heterocycles. The zero-order valence-corrected chi connectivity index (χ0v) is 22.3. The van der Waals surface area contributed by atoms with Gasteiger partial charge >= 0.3 is 5.97 Å². The molecule has 186 valence electrons. The van der Waals surface area contributed by atoms with Crippen LogP contribution in [-0.4, -0.2) is 48.9 Å². The predicted molar refractivity (Wildman–Crippen MR) is 136 cm³/mol. The molecule has 0 spiro atoms. The van der Waals surface area contributed by atoms with Gasteiger partial charge in [0.1, 0.15) is 4.88 Å². The summed E-state index contributed by atoms with van der Waals surface area (Å²) in [4.78, 5) is 44.5. The molecule has 1 unspecified atom stereocenters. The van der Waals surface area contributed by atoms with Gasteiger partial charge in [0.25, 0.3) is 0 Å². The van der Waals surface area contributed by atoms with E-state index in [1.165, 1.54) is 18.4 Å². The van der Waals surface area contributed by atoms with Crippen molar-refractivity contribution in [3.05, 3.63) is 15.8 Å². The normalized spacial score (nSPS) is 20.7. The minimum absolute atomic E-state index is 0.105. The number of hydrogen-bond acceptors (Lipinski definition) is 5. The molecule has 2 heterocycles. The SMILES string of the molecule is COC(=O)c1sc(C#CC(C)(C)C)cc1N(C(C)=O)C1(C2CCCCN(C)C2=O)CCCCC1. The average molecular weight is 487 g/mol. The molecule has 6 nitrogen and oxygen atoms in total. The minimum Gasteiger partial charge on any atom is -0.465 e. The third-order valence-corrected chi connectivity index (χ3v) is 7.94. The number of carbonyl (C=O) groups excluding carboxylic acids is 3. The van der Waals surface area contributed by atoms with E-state index in [1.807, 2.05) is 38.8 Å². The molecule has 2 amide bonds. The second-order valence-corrected chi connectivity index (χ2v) is 11.7. The smallest absolute Gasteiger partial charge is 0.350 e. The summed E-state index contributed by atoms with van der Waals surface area (Å²) < 4.78 is 5.10. The Morgan fingerprint density at radius 1 is 1.18 bits per heavy atom. The molecule has 7 heteroatoms. The minimum atomic E-state index is -0.654. The third-order valence-electron chi connectivity index (χ3n) is 6.92. The van der Waals surface area contributed by atoms with E-state index in [-0.39, 0.29) is 23.1 Å². The predicted octanol–water partition coefficient (Wildman–Crippen LogP) is 5.25. The quantitative estimate of drug-likeness (QED) is 0.431. The molecule has 0 N–H and O–H groups in total. The third kappa shape index (κ3) is 5.49. The maximum Gasteiger partial charge on any atom is 0.350 e. The number of carbonyl (C=O) groups is 3. The van der Waals surface area contributed by atoms with Crippen LogP contribution in [0.4, 0.5) is 5.69 Å². The van der Waals surface area contributed by atoms with Crippen molar-refractivity contribution in [2.24, 2.45) is 11.3 Å². The molecule has 2 fully saturated rings. The summed E-state index contributed by atoms with van der Waals surface area (Å²) in [5.41, 5.74) is -0.319. The number of anilines is 1. The van der Waals surface area contributed by atoms with Gasteiger partial charge in [-0.15, -0.1) is 11.3 Å². The number of methoxy groups -OCH3 is 1. The van der Waals surface area contributed by atoms with Crippen LogP contribution in [0.5, 0.6) is 0 Å². The Bertz CT molecular complexity index is 988. The Morgan fingerprint density at radius 3 is 2.44 bits per heavy atom. The first kappa shape index (κ1) is 26.3. The summed E-state index contributed by atoms with van der Waals surface area (Å²) in [7, 11) is 3.21. The summed E-state index contributed by atoms with van der Waals surface area (Å²) in [6.07, 6.45) is 7.14. The van der Waals surface area contributed by atoms with E-state index in [4.69, 9.17) is 4.74 Å². The van der Waals surface area contributed by atoms with Crippen LogP contribution < -0.4 is 4.90 Å². The zero-order valence-electron chi connectivity index (χ0n) is 21.5. The highest BCUT2D eigenvalue weighted by atomic mass is 32.1. The lowest BCUT2D eigenvalue weighted by Crippen LogP contribution is -2.60. The number of rotatable bonds is 4. The fourth-order valence-electron chi connectivity index (χ4n) is 5.41. The van der Waals surface area contributed by atoms with Crippen molar-refractivity contribution in [3.63, 3.8) is 0 Å². The number of amides is 2. The standard InChI is InChI=1S/C27H38N2O4S/c1-19(30)29(22-18-20(13-16-26(2,3)4)34-23(22)25(32)33-6)27(14-9-7-10-15-27)21-12-8-11-17-28(5)24(21)31/h18,21H,7-12,14-15,17H2,1-6H3. The lowest BCUT2D eigenvalue weighted by atomic mass is 9.69. The average Bonchev–Trinajstić information content (AvgIpc) is 3.11. The van der Waals surface area contributed by atoms with Crippen LogP contribution in [0, 0.1) is 23.2 Å². The van der Waals surface area contributed by atoms with Crippen LogP contribution in [0.2, 0.25) is 0 Å². The van der Waals surface area contributed by atoms with Gasteiger partial charge in [-0.25, -0.2) is 4.79 Å². The van der Waals surface area contributed by atoms with E-state index >= 15 is 0 Å². The van der Waals surface area contributed by atoms with Crippen LogP contribution in [0.3, 0.4) is 0 Å². The number of likely N-dealkylation sites (tertiary alicyclic amines) is 1. The Morgan fingerprint density at radius 2 is 1.85 bits per heavy atom. The van der Waals surface area contributed by atoms with E-state index in [1.54, 1.807) is 11.8 Å². The molecule has 1 aromatic heterocycles.